The number of amides is 1. The van der Waals surface area contributed by atoms with E-state index in [2.05, 4.69) is 111 Å². The van der Waals surface area contributed by atoms with E-state index in [0.717, 1.165) is 103 Å². The molecule has 10 heteroatoms. The molecule has 0 fully saturated rings. The third-order valence-corrected chi connectivity index (χ3v) is 15.0. The Morgan fingerprint density at radius 1 is 0.443 bits per heavy atom. The van der Waals surface area contributed by atoms with Crippen LogP contribution in [-0.4, -0.2) is 74.3 Å². The second kappa shape index (κ2) is 58.1. The number of ether oxygens (including phenoxy) is 1. The molecule has 9 nitrogen and oxygen atoms in total. The van der Waals surface area contributed by atoms with Crippen molar-refractivity contribution in [3.63, 3.8) is 0 Å². The number of rotatable bonds is 58. The Hall–Kier alpha value is -3.07. The van der Waals surface area contributed by atoms with E-state index < -0.39 is 20.0 Å². The van der Waals surface area contributed by atoms with Crippen molar-refractivity contribution in [3.05, 3.63) is 97.2 Å². The van der Waals surface area contributed by atoms with Gasteiger partial charge in [0.25, 0.3) is 0 Å². The molecule has 0 spiro atoms. The number of hydrogen-bond acceptors (Lipinski definition) is 6. The van der Waals surface area contributed by atoms with Crippen molar-refractivity contribution in [1.29, 1.82) is 0 Å². The molecule has 2 N–H and O–H groups in total. The van der Waals surface area contributed by atoms with Gasteiger partial charge in [0, 0.05) is 12.8 Å². The van der Waals surface area contributed by atoms with Crippen LogP contribution in [0.1, 0.15) is 278 Å². The first kappa shape index (κ1) is 75.9. The summed E-state index contributed by atoms with van der Waals surface area (Å²) in [6.07, 6.45) is 78.3. The summed E-state index contributed by atoms with van der Waals surface area (Å²) in [6, 6.07) is -0.872. The maximum atomic E-state index is 13.6. The molecule has 0 heterocycles. The molecule has 0 aromatic rings. The predicted octanol–water partition coefficient (Wildman–Crippen LogP) is 20.3. The van der Waals surface area contributed by atoms with Gasteiger partial charge in [0.15, 0.2) is 0 Å². The molecule has 0 aromatic heterocycles. The fourth-order valence-corrected chi connectivity index (χ4v) is 9.67. The molecule has 3 atom stereocenters. The van der Waals surface area contributed by atoms with Crippen LogP contribution in [0.25, 0.3) is 0 Å². The summed E-state index contributed by atoms with van der Waals surface area (Å²) < 4.78 is 30.7. The SMILES string of the molecule is CCCCC/C=C\C/C=C\C/C=C\C/C=C\CCCCCC(=O)OC(/C=C/CCCCCCCCCCCCC)C(COP(=O)(O)OCC[N+](C)(C)C)NC(=O)CCCCCCCCCC/C=C\C/C=C\C/C=C\CCCCC. The fourth-order valence-electron chi connectivity index (χ4n) is 8.93. The second-order valence-electron chi connectivity index (χ2n) is 22.9. The van der Waals surface area contributed by atoms with Gasteiger partial charge in [-0.1, -0.05) is 247 Å². The molecule has 79 heavy (non-hydrogen) atoms. The first-order valence-corrected chi connectivity index (χ1v) is 34.1. The van der Waals surface area contributed by atoms with Crippen LogP contribution >= 0.6 is 7.82 Å². The molecule has 0 radical (unpaired) electrons. The number of carbonyl (C=O) groups excluding carboxylic acids is 2. The summed E-state index contributed by atoms with van der Waals surface area (Å²) in [5.74, 6) is -0.550. The third-order valence-electron chi connectivity index (χ3n) is 14.0. The molecule has 0 aliphatic rings. The van der Waals surface area contributed by atoms with Crippen molar-refractivity contribution in [3.8, 4) is 0 Å². The lowest BCUT2D eigenvalue weighted by Gasteiger charge is -2.27. The Labute approximate surface area is 488 Å². The zero-order chi connectivity index (χ0) is 57.9. The maximum Gasteiger partial charge on any atom is 0.472 e. The fraction of sp³-hybridized carbons (Fsp3) is 0.739. The van der Waals surface area contributed by atoms with Gasteiger partial charge in [-0.05, 0) is 115 Å². The smallest absolute Gasteiger partial charge is 0.456 e. The number of esters is 1. The number of hydrogen-bond donors (Lipinski definition) is 2. The summed E-state index contributed by atoms with van der Waals surface area (Å²) in [4.78, 5) is 37.8. The van der Waals surface area contributed by atoms with Crippen LogP contribution in [0.3, 0.4) is 0 Å². The van der Waals surface area contributed by atoms with Crippen molar-refractivity contribution < 1.29 is 37.3 Å². The second-order valence-corrected chi connectivity index (χ2v) is 24.4. The lowest BCUT2D eigenvalue weighted by Crippen LogP contribution is -2.47. The van der Waals surface area contributed by atoms with Gasteiger partial charge in [-0.2, -0.15) is 0 Å². The third kappa shape index (κ3) is 59.4. The average Bonchev–Trinajstić information content (AvgIpc) is 3.41. The highest BCUT2D eigenvalue weighted by molar-refractivity contribution is 7.47. The Bertz CT molecular complexity index is 1670. The summed E-state index contributed by atoms with van der Waals surface area (Å²) >= 11 is 0. The molecule has 0 bridgehead atoms. The van der Waals surface area contributed by atoms with E-state index in [1.165, 1.54) is 135 Å². The van der Waals surface area contributed by atoms with Gasteiger partial charge >= 0.3 is 13.8 Å². The molecule has 0 aliphatic heterocycles. The molecule has 0 aromatic carbocycles. The summed E-state index contributed by atoms with van der Waals surface area (Å²) in [5, 5.41) is 3.05. The van der Waals surface area contributed by atoms with Crippen molar-refractivity contribution in [1.82, 2.24) is 5.32 Å². The minimum absolute atomic E-state index is 0.0290. The Kier molecular flexibility index (Phi) is 55.9. The van der Waals surface area contributed by atoms with Crippen LogP contribution in [0.15, 0.2) is 97.2 Å². The van der Waals surface area contributed by atoms with Gasteiger partial charge in [-0.25, -0.2) is 4.57 Å². The zero-order valence-corrected chi connectivity index (χ0v) is 53.0. The number of phosphoric acid groups is 1. The van der Waals surface area contributed by atoms with Crippen LogP contribution in [0.2, 0.25) is 0 Å². The molecule has 3 unspecified atom stereocenters. The van der Waals surface area contributed by atoms with Crippen LogP contribution in [-0.2, 0) is 27.9 Å². The quantitative estimate of drug-likeness (QED) is 0.0205. The van der Waals surface area contributed by atoms with Gasteiger partial charge in [-0.3, -0.25) is 18.6 Å². The minimum Gasteiger partial charge on any atom is -0.456 e. The maximum absolute atomic E-state index is 13.6. The van der Waals surface area contributed by atoms with Crippen molar-refractivity contribution >= 4 is 19.7 Å². The summed E-state index contributed by atoms with van der Waals surface area (Å²) in [7, 11) is 1.46. The van der Waals surface area contributed by atoms with E-state index in [0.29, 0.717) is 23.9 Å². The van der Waals surface area contributed by atoms with Crippen LogP contribution < -0.4 is 5.32 Å². The van der Waals surface area contributed by atoms with Crippen LogP contribution in [0.5, 0.6) is 0 Å². The zero-order valence-electron chi connectivity index (χ0n) is 52.1. The van der Waals surface area contributed by atoms with E-state index in [1.54, 1.807) is 0 Å². The highest BCUT2D eigenvalue weighted by Crippen LogP contribution is 2.43. The number of nitrogens with one attached hydrogen (secondary N) is 1. The highest BCUT2D eigenvalue weighted by Gasteiger charge is 2.30. The van der Waals surface area contributed by atoms with Gasteiger partial charge in [0.05, 0.1) is 33.8 Å². The number of phosphoric ester groups is 1. The number of nitrogens with zero attached hydrogens (tertiary/aromatic N) is 1. The minimum atomic E-state index is -4.47. The van der Waals surface area contributed by atoms with Crippen LogP contribution in [0, 0.1) is 0 Å². The van der Waals surface area contributed by atoms with Gasteiger partial charge in [-0.15, -0.1) is 0 Å². The van der Waals surface area contributed by atoms with E-state index in [1.807, 2.05) is 33.3 Å². The van der Waals surface area contributed by atoms with Crippen molar-refractivity contribution in [2.45, 2.75) is 290 Å². The number of unbranched alkanes of at least 4 members (excludes halogenated alkanes) is 28. The molecule has 0 rings (SSSR count). The highest BCUT2D eigenvalue weighted by atomic mass is 31.2. The molecule has 0 saturated heterocycles. The average molecular weight is 1120 g/mol. The Balaban J connectivity index is 5.32. The summed E-state index contributed by atoms with van der Waals surface area (Å²) in [6.45, 7) is 6.94. The van der Waals surface area contributed by atoms with E-state index in [9.17, 15) is 19.0 Å². The van der Waals surface area contributed by atoms with Crippen LogP contribution in [0.4, 0.5) is 0 Å². The lowest BCUT2D eigenvalue weighted by atomic mass is 10.0. The first-order chi connectivity index (χ1) is 38.4. The topological polar surface area (TPSA) is 111 Å². The van der Waals surface area contributed by atoms with Gasteiger partial charge in [0.1, 0.15) is 19.3 Å². The Morgan fingerprint density at radius 3 is 1.19 bits per heavy atom. The van der Waals surface area contributed by atoms with Crippen molar-refractivity contribution in [2.75, 3.05) is 40.9 Å². The molecule has 0 saturated carbocycles. The Morgan fingerprint density at radius 2 is 0.772 bits per heavy atom. The largest absolute Gasteiger partial charge is 0.472 e. The normalized spacial score (nSPS) is 14.3. The van der Waals surface area contributed by atoms with Crippen molar-refractivity contribution in [2.24, 2.45) is 0 Å². The van der Waals surface area contributed by atoms with Gasteiger partial charge in [0.2, 0.25) is 5.91 Å². The first-order valence-electron chi connectivity index (χ1n) is 32.6. The standard InChI is InChI=1S/C69H123N2O7P/c1-7-10-13-16-19-22-25-28-30-32-34-35-37-38-40-43-46-49-52-55-58-61-68(72)70-66(65-77-79(74,75)76-64-63-71(4,5)6)67(60-57-54-51-48-45-42-27-24-21-18-15-12-9-3)78-69(73)62-59-56-53-50-47-44-41-39-36-33-31-29-26-23-20-17-14-11-8-2/h19-20,22-23,28-31,34-36,39,44,47,57,60,66-67H,7-18,21,24-27,32-33,37-38,40-43,45-46,48-56,58-59,61-65H2,1-6H3,(H-,70,72,74,75)/p+1/b22-19-,23-20-,30-28-,31-29-,35-34-,39-36-,47-44-,60-57+. The number of allylic oxidation sites excluding steroid dienone is 15. The molecular formula is C69H124N2O7P+. The number of carbonyl (C=O) groups is 2. The molecule has 456 valence electrons. The monoisotopic (exact) mass is 1120 g/mol. The number of likely N-dealkylation sites (N-methyl/N-ethyl adjacent to an activating group) is 1. The summed E-state index contributed by atoms with van der Waals surface area (Å²) in [5.41, 5.74) is 0. The van der Waals surface area contributed by atoms with E-state index in [4.69, 9.17) is 13.8 Å². The molecular weight excluding hydrogens is 1000 g/mol. The lowest BCUT2D eigenvalue weighted by molar-refractivity contribution is -0.870. The van der Waals surface area contributed by atoms with Gasteiger partial charge < -0.3 is 19.4 Å². The van der Waals surface area contributed by atoms with E-state index >= 15 is 0 Å². The molecule has 1 amide bonds. The predicted molar refractivity (Wildman–Crippen MR) is 341 cm³/mol. The molecule has 0 aliphatic carbocycles. The number of quaternary nitrogens is 1. The van der Waals surface area contributed by atoms with E-state index in [-0.39, 0.29) is 31.5 Å².